The van der Waals surface area contributed by atoms with Gasteiger partial charge in [0.25, 0.3) is 5.56 Å². The highest BCUT2D eigenvalue weighted by Crippen LogP contribution is 2.46. The van der Waals surface area contributed by atoms with Crippen molar-refractivity contribution in [1.29, 1.82) is 0 Å². The van der Waals surface area contributed by atoms with Crippen LogP contribution in [-0.4, -0.2) is 44.5 Å². The van der Waals surface area contributed by atoms with Gasteiger partial charge in [-0.2, -0.15) is 0 Å². The molecule has 0 bridgehead atoms. The van der Waals surface area contributed by atoms with Crippen LogP contribution in [0.2, 0.25) is 0 Å². The number of benzene rings is 3. The van der Waals surface area contributed by atoms with Crippen LogP contribution in [0.3, 0.4) is 0 Å². The van der Waals surface area contributed by atoms with Crippen molar-refractivity contribution >= 4 is 11.8 Å². The number of hydrogen-bond acceptors (Lipinski definition) is 5. The molecule has 6 nitrogen and oxygen atoms in total. The Morgan fingerprint density at radius 1 is 0.800 bits per heavy atom. The largest absolute Gasteiger partial charge is 0.395 e. The number of aliphatic hydroxyl groups excluding tert-OH is 1. The second kappa shape index (κ2) is 10.1. The van der Waals surface area contributed by atoms with Crippen LogP contribution >= 0.6 is 11.8 Å². The molecule has 0 radical (unpaired) electrons. The molecule has 0 unspecified atom stereocenters. The summed E-state index contributed by atoms with van der Waals surface area (Å²) in [5.74, 6) is 0. The molecule has 1 aliphatic heterocycles. The van der Waals surface area contributed by atoms with Gasteiger partial charge in [0.1, 0.15) is 0 Å². The van der Waals surface area contributed by atoms with Gasteiger partial charge in [-0.1, -0.05) is 91.0 Å². The van der Waals surface area contributed by atoms with Gasteiger partial charge in [-0.05, 0) is 16.7 Å². The van der Waals surface area contributed by atoms with Crippen molar-refractivity contribution in [3.8, 4) is 0 Å². The fourth-order valence-electron chi connectivity index (χ4n) is 5.09. The Kier molecular flexibility index (Phi) is 6.72. The Hall–Kier alpha value is -3.39. The molecule has 5 rings (SSSR count). The summed E-state index contributed by atoms with van der Waals surface area (Å²) in [7, 11) is 0. The standard InChI is InChI=1S/C28H27N3O3S/c32-20-24-18-30(19-26(35-24)31-17-16-25(33)29-27(31)34)28(21-10-4-1-5-11-21,22-12-6-2-7-13-22)23-14-8-3-9-15-23/h1-17,24,26,32H,18-20H2,(H,29,33,34)/t24-,26-/m0/s1. The van der Waals surface area contributed by atoms with Crippen LogP contribution in [0.5, 0.6) is 0 Å². The zero-order chi connectivity index (χ0) is 24.3. The van der Waals surface area contributed by atoms with Gasteiger partial charge in [0.15, 0.2) is 0 Å². The third-order valence-corrected chi connectivity index (χ3v) is 7.94. The number of H-pyrrole nitrogens is 1. The van der Waals surface area contributed by atoms with E-state index in [1.807, 2.05) is 54.6 Å². The van der Waals surface area contributed by atoms with Crippen molar-refractivity contribution in [2.24, 2.45) is 0 Å². The summed E-state index contributed by atoms with van der Waals surface area (Å²) in [4.78, 5) is 29.2. The van der Waals surface area contributed by atoms with Gasteiger partial charge >= 0.3 is 5.69 Å². The van der Waals surface area contributed by atoms with Crippen molar-refractivity contribution in [3.05, 3.63) is 141 Å². The smallest absolute Gasteiger partial charge is 0.329 e. The molecule has 1 fully saturated rings. The predicted octanol–water partition coefficient (Wildman–Crippen LogP) is 3.44. The molecule has 2 atom stereocenters. The van der Waals surface area contributed by atoms with Crippen LogP contribution in [-0.2, 0) is 5.54 Å². The minimum atomic E-state index is -0.651. The van der Waals surface area contributed by atoms with Gasteiger partial charge in [-0.15, -0.1) is 11.8 Å². The van der Waals surface area contributed by atoms with E-state index in [2.05, 4.69) is 46.3 Å². The van der Waals surface area contributed by atoms with E-state index < -0.39 is 16.8 Å². The first kappa shape index (κ1) is 23.4. The van der Waals surface area contributed by atoms with Gasteiger partial charge in [-0.25, -0.2) is 4.79 Å². The minimum absolute atomic E-state index is 0.0236. The molecule has 178 valence electrons. The molecule has 4 aromatic rings. The molecular weight excluding hydrogens is 458 g/mol. The summed E-state index contributed by atoms with van der Waals surface area (Å²) in [6, 6.07) is 32.5. The maximum atomic E-state index is 12.7. The van der Waals surface area contributed by atoms with Gasteiger partial charge in [-0.3, -0.25) is 19.2 Å². The summed E-state index contributed by atoms with van der Waals surface area (Å²) < 4.78 is 1.56. The Balaban J connectivity index is 1.74. The summed E-state index contributed by atoms with van der Waals surface area (Å²) in [5.41, 5.74) is 1.80. The maximum Gasteiger partial charge on any atom is 0.329 e. The fourth-order valence-corrected chi connectivity index (χ4v) is 6.44. The van der Waals surface area contributed by atoms with Gasteiger partial charge in [0, 0.05) is 30.6 Å². The summed E-state index contributed by atoms with van der Waals surface area (Å²) in [5, 5.41) is 9.86. The molecule has 0 aliphatic carbocycles. The first-order valence-corrected chi connectivity index (χ1v) is 12.6. The topological polar surface area (TPSA) is 78.3 Å². The normalized spacial score (nSPS) is 18.9. The van der Waals surface area contributed by atoms with Crippen LogP contribution in [0, 0.1) is 0 Å². The molecule has 35 heavy (non-hydrogen) atoms. The van der Waals surface area contributed by atoms with Gasteiger partial charge in [0.2, 0.25) is 0 Å². The van der Waals surface area contributed by atoms with E-state index in [4.69, 9.17) is 0 Å². The predicted molar refractivity (Wildman–Crippen MR) is 140 cm³/mol. The molecule has 1 aromatic heterocycles. The zero-order valence-corrected chi connectivity index (χ0v) is 20.0. The van der Waals surface area contributed by atoms with E-state index >= 15 is 0 Å². The van der Waals surface area contributed by atoms with Crippen LogP contribution in [0.25, 0.3) is 0 Å². The SMILES string of the molecule is O=c1ccn([C@@H]2CN(C(c3ccccc3)(c3ccccc3)c3ccccc3)C[C@@H](CO)S2)c(=O)[nH]1. The van der Waals surface area contributed by atoms with Crippen LogP contribution < -0.4 is 11.2 Å². The molecule has 7 heteroatoms. The number of rotatable bonds is 6. The number of nitrogens with zero attached hydrogens (tertiary/aromatic N) is 2. The second-order valence-corrected chi connectivity index (χ2v) is 10.1. The highest BCUT2D eigenvalue weighted by molar-refractivity contribution is 8.00. The first-order valence-electron chi connectivity index (χ1n) is 11.6. The zero-order valence-electron chi connectivity index (χ0n) is 19.2. The number of aromatic amines is 1. The summed E-state index contributed by atoms with van der Waals surface area (Å²) in [6.07, 6.45) is 1.55. The lowest BCUT2D eigenvalue weighted by atomic mass is 9.75. The maximum absolute atomic E-state index is 12.7. The van der Waals surface area contributed by atoms with Gasteiger partial charge in [0.05, 0.1) is 17.5 Å². The molecule has 2 heterocycles. The Morgan fingerprint density at radius 3 is 1.77 bits per heavy atom. The molecule has 1 aliphatic rings. The fraction of sp³-hybridized carbons (Fsp3) is 0.214. The number of aromatic nitrogens is 2. The average Bonchev–Trinajstić information content (AvgIpc) is 2.91. The third-order valence-electron chi connectivity index (χ3n) is 6.56. The minimum Gasteiger partial charge on any atom is -0.395 e. The van der Waals surface area contributed by atoms with Crippen molar-refractivity contribution in [2.45, 2.75) is 16.2 Å². The van der Waals surface area contributed by atoms with Crippen LogP contribution in [0.4, 0.5) is 0 Å². The van der Waals surface area contributed by atoms with Crippen molar-refractivity contribution in [1.82, 2.24) is 14.5 Å². The Labute approximate surface area is 207 Å². The Morgan fingerprint density at radius 2 is 1.31 bits per heavy atom. The number of thioether (sulfide) groups is 1. The Bertz CT molecular complexity index is 1280. The lowest BCUT2D eigenvalue weighted by molar-refractivity contribution is 0.127. The molecule has 0 spiro atoms. The van der Waals surface area contributed by atoms with E-state index in [0.29, 0.717) is 13.1 Å². The highest BCUT2D eigenvalue weighted by Gasteiger charge is 2.46. The molecule has 0 amide bonds. The number of aliphatic hydroxyl groups is 1. The summed E-state index contributed by atoms with van der Waals surface area (Å²) >= 11 is 1.56. The highest BCUT2D eigenvalue weighted by atomic mass is 32.2. The van der Waals surface area contributed by atoms with E-state index in [0.717, 1.165) is 16.7 Å². The molecule has 0 saturated carbocycles. The van der Waals surface area contributed by atoms with Crippen molar-refractivity contribution in [2.75, 3.05) is 19.7 Å². The number of nitrogens with one attached hydrogen (secondary N) is 1. The van der Waals surface area contributed by atoms with E-state index in [-0.39, 0.29) is 17.2 Å². The monoisotopic (exact) mass is 485 g/mol. The third kappa shape index (κ3) is 4.38. The van der Waals surface area contributed by atoms with Crippen molar-refractivity contribution < 1.29 is 5.11 Å². The molecular formula is C28H27N3O3S. The quantitative estimate of drug-likeness (QED) is 0.409. The van der Waals surface area contributed by atoms with E-state index in [1.165, 1.54) is 6.07 Å². The lowest BCUT2D eigenvalue weighted by Gasteiger charge is -2.50. The first-order chi connectivity index (χ1) is 17.1. The average molecular weight is 486 g/mol. The molecule has 2 N–H and O–H groups in total. The van der Waals surface area contributed by atoms with Crippen molar-refractivity contribution in [3.63, 3.8) is 0 Å². The van der Waals surface area contributed by atoms with Crippen LogP contribution in [0.1, 0.15) is 22.1 Å². The van der Waals surface area contributed by atoms with E-state index in [9.17, 15) is 14.7 Å². The van der Waals surface area contributed by atoms with Crippen LogP contribution in [0.15, 0.2) is 113 Å². The lowest BCUT2D eigenvalue weighted by Crippen LogP contribution is -2.55. The second-order valence-electron chi connectivity index (χ2n) is 8.63. The molecule has 3 aromatic carbocycles. The number of hydrogen-bond donors (Lipinski definition) is 2. The van der Waals surface area contributed by atoms with Gasteiger partial charge < -0.3 is 5.11 Å². The molecule has 1 saturated heterocycles. The summed E-state index contributed by atoms with van der Waals surface area (Å²) in [6.45, 7) is 1.13. The van der Waals surface area contributed by atoms with E-state index in [1.54, 1.807) is 22.5 Å².